The summed E-state index contributed by atoms with van der Waals surface area (Å²) >= 11 is 3.25. The molecular weight excluding hydrogens is 335 g/mol. The molecule has 2 aromatic carbocycles. The summed E-state index contributed by atoms with van der Waals surface area (Å²) < 4.78 is 20.5. The van der Waals surface area contributed by atoms with Crippen molar-refractivity contribution in [3.05, 3.63) is 62.9 Å². The van der Waals surface area contributed by atoms with E-state index >= 15 is 0 Å². The standard InChI is InChI=1S/C17H18BrFO2/c1-3-13-11(2)15(18)16(19)14(9-20)17(13)21-10-12-7-5-4-6-8-12/h4-8,20H,3,9-10H2,1-2H3. The van der Waals surface area contributed by atoms with Gasteiger partial charge in [0.15, 0.2) is 0 Å². The monoisotopic (exact) mass is 352 g/mol. The second-order valence-electron chi connectivity index (χ2n) is 4.83. The van der Waals surface area contributed by atoms with Crippen LogP contribution < -0.4 is 4.74 Å². The average Bonchev–Trinajstić information content (AvgIpc) is 2.52. The van der Waals surface area contributed by atoms with Gasteiger partial charge in [0, 0.05) is 0 Å². The highest BCUT2D eigenvalue weighted by Gasteiger charge is 2.20. The van der Waals surface area contributed by atoms with Crippen molar-refractivity contribution < 1.29 is 14.2 Å². The molecule has 0 aliphatic carbocycles. The Hall–Kier alpha value is -1.39. The van der Waals surface area contributed by atoms with Gasteiger partial charge in [-0.1, -0.05) is 37.3 Å². The zero-order valence-corrected chi connectivity index (χ0v) is 13.7. The van der Waals surface area contributed by atoms with E-state index in [-0.39, 0.29) is 12.2 Å². The third-order valence-electron chi connectivity index (χ3n) is 3.53. The number of rotatable bonds is 5. The molecule has 21 heavy (non-hydrogen) atoms. The molecule has 0 bridgehead atoms. The summed E-state index contributed by atoms with van der Waals surface area (Å²) in [5.74, 6) is 0.0114. The zero-order chi connectivity index (χ0) is 15.4. The largest absolute Gasteiger partial charge is 0.488 e. The zero-order valence-electron chi connectivity index (χ0n) is 12.1. The van der Waals surface area contributed by atoms with Crippen molar-refractivity contribution >= 4 is 15.9 Å². The Morgan fingerprint density at radius 3 is 2.43 bits per heavy atom. The third-order valence-corrected chi connectivity index (χ3v) is 4.47. The van der Waals surface area contributed by atoms with Crippen molar-refractivity contribution in [1.29, 1.82) is 0 Å². The molecule has 0 saturated carbocycles. The van der Waals surface area contributed by atoms with E-state index in [0.717, 1.165) is 16.7 Å². The van der Waals surface area contributed by atoms with Crippen LogP contribution in [0.15, 0.2) is 34.8 Å². The van der Waals surface area contributed by atoms with E-state index in [1.165, 1.54) is 0 Å². The average molecular weight is 353 g/mol. The highest BCUT2D eigenvalue weighted by Crippen LogP contribution is 2.36. The molecule has 2 rings (SSSR count). The lowest BCUT2D eigenvalue weighted by Gasteiger charge is -2.19. The van der Waals surface area contributed by atoms with Gasteiger partial charge in [0.05, 0.1) is 16.6 Å². The van der Waals surface area contributed by atoms with Gasteiger partial charge in [-0.3, -0.25) is 0 Å². The molecule has 0 saturated heterocycles. The highest BCUT2D eigenvalue weighted by molar-refractivity contribution is 9.10. The minimum Gasteiger partial charge on any atom is -0.488 e. The first-order chi connectivity index (χ1) is 10.1. The molecule has 0 radical (unpaired) electrons. The molecule has 0 atom stereocenters. The van der Waals surface area contributed by atoms with Crippen LogP contribution in [0, 0.1) is 12.7 Å². The van der Waals surface area contributed by atoms with Crippen LogP contribution in [-0.4, -0.2) is 5.11 Å². The SMILES string of the molecule is CCc1c(C)c(Br)c(F)c(CO)c1OCc1ccccc1. The number of aliphatic hydroxyl groups excluding tert-OH is 1. The van der Waals surface area contributed by atoms with E-state index in [4.69, 9.17) is 4.74 Å². The van der Waals surface area contributed by atoms with E-state index in [1.54, 1.807) is 0 Å². The minimum absolute atomic E-state index is 0.209. The van der Waals surface area contributed by atoms with Gasteiger partial charge in [-0.05, 0) is 46.0 Å². The van der Waals surface area contributed by atoms with Gasteiger partial charge in [-0.15, -0.1) is 0 Å². The molecule has 0 spiro atoms. The van der Waals surface area contributed by atoms with Gasteiger partial charge in [-0.2, -0.15) is 0 Å². The number of aliphatic hydroxyl groups is 1. The van der Waals surface area contributed by atoms with Crippen molar-refractivity contribution in [2.75, 3.05) is 0 Å². The first kappa shape index (κ1) is 16.0. The fourth-order valence-corrected chi connectivity index (χ4v) is 2.83. The van der Waals surface area contributed by atoms with E-state index < -0.39 is 5.82 Å². The number of halogens is 2. The Morgan fingerprint density at radius 1 is 1.19 bits per heavy atom. The summed E-state index contributed by atoms with van der Waals surface area (Å²) in [6, 6.07) is 9.70. The molecule has 0 unspecified atom stereocenters. The van der Waals surface area contributed by atoms with Crippen LogP contribution in [0.4, 0.5) is 4.39 Å². The van der Waals surface area contributed by atoms with Gasteiger partial charge in [0.1, 0.15) is 18.2 Å². The summed E-state index contributed by atoms with van der Waals surface area (Å²) in [4.78, 5) is 0. The van der Waals surface area contributed by atoms with Crippen LogP contribution in [0.3, 0.4) is 0 Å². The van der Waals surface area contributed by atoms with E-state index in [1.807, 2.05) is 44.2 Å². The van der Waals surface area contributed by atoms with Gasteiger partial charge in [0.25, 0.3) is 0 Å². The molecule has 1 N–H and O–H groups in total. The Bertz CT molecular complexity index is 595. The second-order valence-corrected chi connectivity index (χ2v) is 5.62. The third kappa shape index (κ3) is 3.27. The molecule has 112 valence electrons. The fraction of sp³-hybridized carbons (Fsp3) is 0.294. The Balaban J connectivity index is 2.41. The van der Waals surface area contributed by atoms with Crippen molar-refractivity contribution in [3.8, 4) is 5.75 Å². The smallest absolute Gasteiger partial charge is 0.146 e. The summed E-state index contributed by atoms with van der Waals surface area (Å²) in [6.45, 7) is 3.80. The normalized spacial score (nSPS) is 10.7. The van der Waals surface area contributed by atoms with E-state index in [9.17, 15) is 9.50 Å². The van der Waals surface area contributed by atoms with E-state index in [2.05, 4.69) is 15.9 Å². The minimum atomic E-state index is -0.449. The maximum absolute atomic E-state index is 14.3. The predicted octanol–water partition coefficient (Wildman–Crippen LogP) is 4.53. The molecule has 0 aliphatic heterocycles. The lowest BCUT2D eigenvalue weighted by molar-refractivity contribution is 0.250. The topological polar surface area (TPSA) is 29.5 Å². The molecule has 0 fully saturated rings. The van der Waals surface area contributed by atoms with Crippen molar-refractivity contribution in [2.45, 2.75) is 33.5 Å². The van der Waals surface area contributed by atoms with Gasteiger partial charge in [-0.25, -0.2) is 4.39 Å². The van der Waals surface area contributed by atoms with Gasteiger partial charge >= 0.3 is 0 Å². The number of benzene rings is 2. The van der Waals surface area contributed by atoms with Crippen LogP contribution in [0.5, 0.6) is 5.75 Å². The second kappa shape index (κ2) is 7.05. The Morgan fingerprint density at radius 2 is 1.86 bits per heavy atom. The Labute approximate surface area is 132 Å². The number of hydrogen-bond donors (Lipinski definition) is 1. The first-order valence-electron chi connectivity index (χ1n) is 6.87. The molecule has 0 heterocycles. The molecule has 2 nitrogen and oxygen atoms in total. The first-order valence-corrected chi connectivity index (χ1v) is 7.66. The Kier molecular flexibility index (Phi) is 5.37. The molecular formula is C17H18BrFO2. The maximum atomic E-state index is 14.3. The van der Waals surface area contributed by atoms with Gasteiger partial charge in [0.2, 0.25) is 0 Å². The summed E-state index contributed by atoms with van der Waals surface area (Å²) in [7, 11) is 0. The van der Waals surface area contributed by atoms with Crippen LogP contribution in [0.1, 0.15) is 29.2 Å². The molecule has 2 aromatic rings. The lowest BCUT2D eigenvalue weighted by Crippen LogP contribution is -2.07. The van der Waals surface area contributed by atoms with E-state index in [0.29, 0.717) is 23.2 Å². The summed E-state index contributed by atoms with van der Waals surface area (Å²) in [5, 5.41) is 9.49. The van der Waals surface area contributed by atoms with Crippen LogP contribution in [0.2, 0.25) is 0 Å². The molecule has 0 aromatic heterocycles. The maximum Gasteiger partial charge on any atom is 0.146 e. The quantitative estimate of drug-likeness (QED) is 0.856. The van der Waals surface area contributed by atoms with Crippen LogP contribution >= 0.6 is 15.9 Å². The molecule has 0 amide bonds. The fourth-order valence-electron chi connectivity index (χ4n) is 2.35. The lowest BCUT2D eigenvalue weighted by atomic mass is 10.0. The van der Waals surface area contributed by atoms with Crippen LogP contribution in [-0.2, 0) is 19.6 Å². The van der Waals surface area contributed by atoms with Crippen molar-refractivity contribution in [1.82, 2.24) is 0 Å². The molecule has 0 aliphatic rings. The van der Waals surface area contributed by atoms with Crippen LogP contribution in [0.25, 0.3) is 0 Å². The van der Waals surface area contributed by atoms with Gasteiger partial charge < -0.3 is 9.84 Å². The summed E-state index contributed by atoms with van der Waals surface area (Å²) in [6.07, 6.45) is 0.710. The number of ether oxygens (including phenoxy) is 1. The summed E-state index contributed by atoms with van der Waals surface area (Å²) in [5.41, 5.74) is 2.95. The number of hydrogen-bond acceptors (Lipinski definition) is 2. The predicted molar refractivity (Wildman–Crippen MR) is 84.9 cm³/mol. The highest BCUT2D eigenvalue weighted by atomic mass is 79.9. The molecule has 4 heteroatoms. The van der Waals surface area contributed by atoms with Crippen molar-refractivity contribution in [2.24, 2.45) is 0 Å². The van der Waals surface area contributed by atoms with Crippen molar-refractivity contribution in [3.63, 3.8) is 0 Å².